The van der Waals surface area contributed by atoms with Crippen molar-refractivity contribution in [1.29, 1.82) is 0 Å². The molecule has 1 unspecified atom stereocenters. The van der Waals surface area contributed by atoms with Gasteiger partial charge in [-0.2, -0.15) is 0 Å². The minimum Gasteiger partial charge on any atom is -0.391 e. The van der Waals surface area contributed by atoms with Gasteiger partial charge in [0.25, 0.3) is 0 Å². The second kappa shape index (κ2) is 11.1. The van der Waals surface area contributed by atoms with Gasteiger partial charge in [-0.05, 0) is 33.6 Å². The molecule has 0 aliphatic carbocycles. The fourth-order valence-corrected chi connectivity index (χ4v) is 3.77. The van der Waals surface area contributed by atoms with Crippen LogP contribution in [0.25, 0.3) is 0 Å². The first-order chi connectivity index (χ1) is 12.9. The summed E-state index contributed by atoms with van der Waals surface area (Å²) in [6.45, 7) is 10.4. The number of hydrogen-bond donors (Lipinski definition) is 1. The summed E-state index contributed by atoms with van der Waals surface area (Å²) in [5, 5.41) is 10.0. The molecule has 6 atom stereocenters. The second-order valence-electron chi connectivity index (χ2n) is 8.24. The van der Waals surface area contributed by atoms with Crippen LogP contribution in [0.2, 0.25) is 0 Å². The Hall–Kier alpha value is -0.240. The van der Waals surface area contributed by atoms with Crippen LogP contribution in [0.3, 0.4) is 0 Å². The van der Waals surface area contributed by atoms with Gasteiger partial charge >= 0.3 is 0 Å². The van der Waals surface area contributed by atoms with Crippen LogP contribution in [0.5, 0.6) is 0 Å². The number of aliphatic hydroxyl groups excluding tert-OH is 1. The van der Waals surface area contributed by atoms with Gasteiger partial charge < -0.3 is 28.8 Å². The van der Waals surface area contributed by atoms with E-state index in [1.54, 1.807) is 6.92 Å². The Morgan fingerprint density at radius 3 is 2.22 bits per heavy atom. The fourth-order valence-electron chi connectivity index (χ4n) is 3.77. The summed E-state index contributed by atoms with van der Waals surface area (Å²) >= 11 is 0. The SMILES string of the molecule is CCCCCCCCCOC(CC)O[C@H]1O[C@H]([C@@H](C)O)[C@@H]2OC(C)(C)O[C@H]12. The Bertz CT molecular complexity index is 413. The molecule has 2 aliphatic heterocycles. The highest BCUT2D eigenvalue weighted by atomic mass is 16.8. The molecule has 0 amide bonds. The van der Waals surface area contributed by atoms with Crippen molar-refractivity contribution in [3.8, 4) is 0 Å². The molecule has 0 aromatic heterocycles. The van der Waals surface area contributed by atoms with Crippen LogP contribution in [-0.2, 0) is 23.7 Å². The standard InChI is InChI=1S/C21H40O6/c1-6-8-9-10-11-12-13-14-23-16(7-2)24-20-19-18(17(25-20)15(3)22)26-21(4,5)27-19/h15-20,22H,6-14H2,1-5H3/t15-,16?,17-,18+,19+,20+/m1/s1. The number of rotatable bonds is 13. The highest BCUT2D eigenvalue weighted by Gasteiger charge is 2.57. The Morgan fingerprint density at radius 1 is 0.963 bits per heavy atom. The van der Waals surface area contributed by atoms with E-state index >= 15 is 0 Å². The van der Waals surface area contributed by atoms with E-state index in [-0.39, 0.29) is 18.5 Å². The molecule has 0 spiro atoms. The first-order valence-corrected chi connectivity index (χ1v) is 10.8. The number of fused-ring (bicyclic) bond motifs is 1. The third-order valence-corrected chi connectivity index (χ3v) is 5.19. The van der Waals surface area contributed by atoms with E-state index in [0.29, 0.717) is 6.61 Å². The third-order valence-electron chi connectivity index (χ3n) is 5.19. The molecule has 6 heteroatoms. The molecule has 0 bridgehead atoms. The molecule has 0 aromatic rings. The van der Waals surface area contributed by atoms with E-state index in [4.69, 9.17) is 23.7 Å². The molecule has 0 aromatic carbocycles. The maximum Gasteiger partial charge on any atom is 0.190 e. The zero-order chi connectivity index (χ0) is 19.9. The van der Waals surface area contributed by atoms with Crippen LogP contribution in [0.4, 0.5) is 0 Å². The summed E-state index contributed by atoms with van der Waals surface area (Å²) in [5.74, 6) is -0.700. The van der Waals surface area contributed by atoms with Crippen LogP contribution >= 0.6 is 0 Å². The highest BCUT2D eigenvalue weighted by Crippen LogP contribution is 2.40. The maximum atomic E-state index is 10.0. The number of unbranched alkanes of at least 4 members (excludes halogenated alkanes) is 6. The minimum absolute atomic E-state index is 0.328. The molecule has 2 saturated heterocycles. The average Bonchev–Trinajstić information content (AvgIpc) is 3.09. The van der Waals surface area contributed by atoms with E-state index in [1.807, 2.05) is 20.8 Å². The van der Waals surface area contributed by atoms with Gasteiger partial charge in [-0.15, -0.1) is 0 Å². The van der Waals surface area contributed by atoms with E-state index in [9.17, 15) is 5.11 Å². The predicted octanol–water partition coefficient (Wildman–Crippen LogP) is 4.13. The Morgan fingerprint density at radius 2 is 1.59 bits per heavy atom. The summed E-state index contributed by atoms with van der Waals surface area (Å²) in [6.07, 6.45) is 6.80. The molecule has 160 valence electrons. The zero-order valence-electron chi connectivity index (χ0n) is 17.8. The Balaban J connectivity index is 1.73. The molecule has 2 fully saturated rings. The van der Waals surface area contributed by atoms with E-state index < -0.39 is 24.3 Å². The van der Waals surface area contributed by atoms with Gasteiger partial charge in [0, 0.05) is 6.61 Å². The lowest BCUT2D eigenvalue weighted by molar-refractivity contribution is -0.286. The molecular formula is C21H40O6. The third kappa shape index (κ3) is 6.94. The van der Waals surface area contributed by atoms with E-state index in [2.05, 4.69) is 6.92 Å². The van der Waals surface area contributed by atoms with Gasteiger partial charge in [0.2, 0.25) is 0 Å². The quantitative estimate of drug-likeness (QED) is 0.378. The van der Waals surface area contributed by atoms with Crippen LogP contribution in [0.1, 0.15) is 86.0 Å². The highest BCUT2D eigenvalue weighted by molar-refractivity contribution is 4.97. The van der Waals surface area contributed by atoms with Crippen molar-refractivity contribution >= 4 is 0 Å². The summed E-state index contributed by atoms with van der Waals surface area (Å²) in [7, 11) is 0. The molecule has 1 N–H and O–H groups in total. The lowest BCUT2D eigenvalue weighted by Crippen LogP contribution is -2.36. The van der Waals surface area contributed by atoms with Gasteiger partial charge in [0.15, 0.2) is 18.4 Å². The fraction of sp³-hybridized carbons (Fsp3) is 1.00. The van der Waals surface area contributed by atoms with Crippen molar-refractivity contribution in [3.05, 3.63) is 0 Å². The second-order valence-corrected chi connectivity index (χ2v) is 8.24. The predicted molar refractivity (Wildman–Crippen MR) is 103 cm³/mol. The summed E-state index contributed by atoms with van der Waals surface area (Å²) in [6, 6.07) is 0. The average molecular weight is 389 g/mol. The smallest absolute Gasteiger partial charge is 0.190 e. The Labute approximate surface area is 164 Å². The molecule has 6 nitrogen and oxygen atoms in total. The normalized spacial score (nSPS) is 31.8. The van der Waals surface area contributed by atoms with Crippen LogP contribution in [-0.4, -0.2) is 54.5 Å². The van der Waals surface area contributed by atoms with Gasteiger partial charge in [0.1, 0.15) is 18.3 Å². The van der Waals surface area contributed by atoms with Gasteiger partial charge in [0.05, 0.1) is 6.10 Å². The largest absolute Gasteiger partial charge is 0.391 e. The number of aliphatic hydroxyl groups is 1. The zero-order valence-corrected chi connectivity index (χ0v) is 17.8. The van der Waals surface area contributed by atoms with Crippen LogP contribution in [0.15, 0.2) is 0 Å². The first-order valence-electron chi connectivity index (χ1n) is 10.8. The number of hydrogen-bond acceptors (Lipinski definition) is 6. The molecule has 2 rings (SSSR count). The van der Waals surface area contributed by atoms with Crippen molar-refractivity contribution < 1.29 is 28.8 Å². The molecule has 27 heavy (non-hydrogen) atoms. The van der Waals surface area contributed by atoms with Crippen molar-refractivity contribution in [2.45, 2.75) is 129 Å². The van der Waals surface area contributed by atoms with Gasteiger partial charge in [-0.25, -0.2) is 0 Å². The lowest BCUT2D eigenvalue weighted by Gasteiger charge is -2.27. The summed E-state index contributed by atoms with van der Waals surface area (Å²) < 4.78 is 29.7. The van der Waals surface area contributed by atoms with Crippen molar-refractivity contribution in [2.24, 2.45) is 0 Å². The van der Waals surface area contributed by atoms with Crippen molar-refractivity contribution in [1.82, 2.24) is 0 Å². The molecule has 0 radical (unpaired) electrons. The first kappa shape index (κ1) is 23.0. The monoisotopic (exact) mass is 388 g/mol. The minimum atomic E-state index is -0.700. The maximum absolute atomic E-state index is 10.0. The Kier molecular flexibility index (Phi) is 9.45. The van der Waals surface area contributed by atoms with E-state index in [0.717, 1.165) is 12.8 Å². The van der Waals surface area contributed by atoms with Crippen molar-refractivity contribution in [3.63, 3.8) is 0 Å². The van der Waals surface area contributed by atoms with Gasteiger partial charge in [-0.3, -0.25) is 0 Å². The molecular weight excluding hydrogens is 348 g/mol. The molecule has 2 heterocycles. The van der Waals surface area contributed by atoms with Crippen LogP contribution in [0, 0.1) is 0 Å². The van der Waals surface area contributed by atoms with Gasteiger partial charge in [-0.1, -0.05) is 52.4 Å². The van der Waals surface area contributed by atoms with Crippen molar-refractivity contribution in [2.75, 3.05) is 6.61 Å². The lowest BCUT2D eigenvalue weighted by atomic mass is 10.1. The topological polar surface area (TPSA) is 66.4 Å². The summed E-state index contributed by atoms with van der Waals surface area (Å²) in [5.41, 5.74) is 0. The van der Waals surface area contributed by atoms with E-state index in [1.165, 1.54) is 38.5 Å². The molecule has 0 saturated carbocycles. The molecule has 2 aliphatic rings. The number of ether oxygens (including phenoxy) is 5. The van der Waals surface area contributed by atoms with Crippen LogP contribution < -0.4 is 0 Å². The summed E-state index contributed by atoms with van der Waals surface area (Å²) in [4.78, 5) is 0.